The molecule has 0 atom stereocenters. The van der Waals surface area contributed by atoms with Crippen LogP contribution in [0.1, 0.15) is 58.6 Å². The molecule has 0 saturated heterocycles. The van der Waals surface area contributed by atoms with Gasteiger partial charge in [0.05, 0.1) is 25.0 Å². The minimum absolute atomic E-state index is 0.215. The highest BCUT2D eigenvalue weighted by Crippen LogP contribution is 2.38. The number of hydrogen-bond donors (Lipinski definition) is 2. The molecule has 0 bridgehead atoms. The zero-order valence-electron chi connectivity index (χ0n) is 22.3. The number of rotatable bonds is 10. The maximum absolute atomic E-state index is 12.6. The summed E-state index contributed by atoms with van der Waals surface area (Å²) in [4.78, 5) is 38.7. The Morgan fingerprint density at radius 2 is 1.75 bits per heavy atom. The summed E-state index contributed by atoms with van der Waals surface area (Å²) in [6.45, 7) is 4.56. The molecule has 0 aliphatic heterocycles. The van der Waals surface area contributed by atoms with E-state index in [4.69, 9.17) is 25.8 Å². The van der Waals surface area contributed by atoms with Crippen molar-refractivity contribution >= 4 is 51.9 Å². The number of hydrazone groups is 1. The maximum Gasteiger partial charge on any atom is 0.341 e. The summed E-state index contributed by atoms with van der Waals surface area (Å²) >= 11 is 7.25. The smallest absolute Gasteiger partial charge is 0.341 e. The highest BCUT2D eigenvalue weighted by atomic mass is 35.5. The Hall–Kier alpha value is -3.89. The van der Waals surface area contributed by atoms with Crippen molar-refractivity contribution in [3.63, 3.8) is 0 Å². The number of nitrogens with zero attached hydrogens (tertiary/aromatic N) is 1. The number of benzene rings is 2. The fourth-order valence-corrected chi connectivity index (χ4v) is 5.58. The van der Waals surface area contributed by atoms with Gasteiger partial charge in [0.2, 0.25) is 0 Å². The minimum Gasteiger partial charge on any atom is -0.490 e. The third-order valence-electron chi connectivity index (χ3n) is 6.04. The van der Waals surface area contributed by atoms with Crippen LogP contribution in [0, 0.1) is 0 Å². The van der Waals surface area contributed by atoms with Crippen LogP contribution in [0.4, 0.5) is 5.00 Å². The van der Waals surface area contributed by atoms with E-state index in [1.54, 1.807) is 37.3 Å². The number of nitrogens with one attached hydrogen (secondary N) is 2. The van der Waals surface area contributed by atoms with Gasteiger partial charge >= 0.3 is 17.8 Å². The maximum atomic E-state index is 12.6. The summed E-state index contributed by atoms with van der Waals surface area (Å²) in [5.74, 6) is -1.33. The Kier molecular flexibility index (Phi) is 10.2. The van der Waals surface area contributed by atoms with Crippen LogP contribution in [0.2, 0.25) is 5.02 Å². The van der Waals surface area contributed by atoms with Crippen LogP contribution in [-0.2, 0) is 33.8 Å². The molecule has 11 heteroatoms. The van der Waals surface area contributed by atoms with Gasteiger partial charge in [-0.05, 0) is 86.6 Å². The van der Waals surface area contributed by atoms with E-state index in [1.165, 1.54) is 17.6 Å². The fraction of sp³-hybridized carbons (Fsp3) is 0.310. The molecule has 0 radical (unpaired) electrons. The number of aryl methyl sites for hydroxylation is 1. The van der Waals surface area contributed by atoms with E-state index in [0.29, 0.717) is 45.9 Å². The summed E-state index contributed by atoms with van der Waals surface area (Å²) in [6.07, 6.45) is 4.93. The average Bonchev–Trinajstić information content (AvgIpc) is 3.31. The summed E-state index contributed by atoms with van der Waals surface area (Å²) in [7, 11) is 0. The number of hydrogen-bond acceptors (Lipinski definition) is 8. The molecule has 0 spiro atoms. The van der Waals surface area contributed by atoms with E-state index in [2.05, 4.69) is 15.8 Å². The summed E-state index contributed by atoms with van der Waals surface area (Å²) in [6, 6.07) is 12.6. The number of esters is 1. The first kappa shape index (κ1) is 29.1. The number of carbonyl (C=O) groups excluding carboxylic acids is 3. The molecule has 3 aromatic rings. The molecule has 210 valence electrons. The van der Waals surface area contributed by atoms with Gasteiger partial charge in [-0.3, -0.25) is 9.59 Å². The third-order valence-corrected chi connectivity index (χ3v) is 7.50. The molecule has 2 amide bonds. The summed E-state index contributed by atoms with van der Waals surface area (Å²) in [5.41, 5.74) is 5.04. The van der Waals surface area contributed by atoms with Crippen molar-refractivity contribution in [1.82, 2.24) is 5.43 Å². The first-order valence-corrected chi connectivity index (χ1v) is 14.2. The predicted molar refractivity (Wildman–Crippen MR) is 155 cm³/mol. The van der Waals surface area contributed by atoms with Crippen molar-refractivity contribution in [2.45, 2.75) is 46.1 Å². The second-order valence-electron chi connectivity index (χ2n) is 8.84. The lowest BCUT2D eigenvalue weighted by atomic mass is 9.95. The largest absolute Gasteiger partial charge is 0.490 e. The SMILES string of the molecule is CCOC(=O)c1c(NC(=O)C(=O)N/N=C/c2ccc(OCc3ccc(Cl)cc3)c(OCC)c2)sc2c1CCCC2. The van der Waals surface area contributed by atoms with Gasteiger partial charge < -0.3 is 19.5 Å². The number of amides is 2. The Morgan fingerprint density at radius 3 is 2.50 bits per heavy atom. The molecule has 40 heavy (non-hydrogen) atoms. The molecular formula is C29H30ClN3O6S. The molecule has 9 nitrogen and oxygen atoms in total. The predicted octanol–water partition coefficient (Wildman–Crippen LogP) is 5.52. The van der Waals surface area contributed by atoms with E-state index in [1.807, 2.05) is 19.1 Å². The lowest BCUT2D eigenvalue weighted by Crippen LogP contribution is -2.32. The lowest BCUT2D eigenvalue weighted by Gasteiger charge is -2.12. The Balaban J connectivity index is 1.38. The molecule has 0 saturated carbocycles. The van der Waals surface area contributed by atoms with Gasteiger partial charge in [-0.15, -0.1) is 11.3 Å². The van der Waals surface area contributed by atoms with Crippen molar-refractivity contribution in [1.29, 1.82) is 0 Å². The van der Waals surface area contributed by atoms with Gasteiger partial charge in [-0.25, -0.2) is 10.2 Å². The van der Waals surface area contributed by atoms with Gasteiger partial charge in [0.1, 0.15) is 11.6 Å². The minimum atomic E-state index is -0.967. The van der Waals surface area contributed by atoms with Gasteiger partial charge in [-0.2, -0.15) is 5.10 Å². The molecule has 2 N–H and O–H groups in total. The van der Waals surface area contributed by atoms with E-state index >= 15 is 0 Å². The molecule has 0 fully saturated rings. The van der Waals surface area contributed by atoms with Gasteiger partial charge in [0, 0.05) is 9.90 Å². The van der Waals surface area contributed by atoms with Gasteiger partial charge in [0.25, 0.3) is 0 Å². The van der Waals surface area contributed by atoms with Crippen molar-refractivity contribution in [2.75, 3.05) is 18.5 Å². The zero-order chi connectivity index (χ0) is 28.5. The average molecular weight is 584 g/mol. The van der Waals surface area contributed by atoms with Crippen LogP contribution >= 0.6 is 22.9 Å². The Morgan fingerprint density at radius 1 is 0.975 bits per heavy atom. The van der Waals surface area contributed by atoms with E-state index in [9.17, 15) is 14.4 Å². The van der Waals surface area contributed by atoms with Crippen molar-refractivity contribution in [2.24, 2.45) is 5.10 Å². The number of ether oxygens (including phenoxy) is 3. The first-order chi connectivity index (χ1) is 19.4. The third kappa shape index (κ3) is 7.40. The van der Waals surface area contributed by atoms with E-state index in [0.717, 1.165) is 41.7 Å². The Labute approximate surface area is 241 Å². The van der Waals surface area contributed by atoms with Crippen LogP contribution in [0.5, 0.6) is 11.5 Å². The van der Waals surface area contributed by atoms with Crippen LogP contribution < -0.4 is 20.2 Å². The standard InChI is InChI=1S/C29H30ClN3O6S/c1-3-37-23-15-19(11-14-22(23)39-17-18-9-12-20(30)13-10-18)16-31-33-27(35)26(34)32-28-25(29(36)38-4-2)21-7-5-6-8-24(21)40-28/h9-16H,3-8,17H2,1-2H3,(H,32,34)(H,33,35)/b31-16+. The fourth-order valence-electron chi connectivity index (χ4n) is 4.18. The van der Waals surface area contributed by atoms with Crippen molar-refractivity contribution in [3.8, 4) is 11.5 Å². The number of anilines is 1. The number of carbonyl (C=O) groups is 3. The molecule has 2 aromatic carbocycles. The normalized spacial score (nSPS) is 12.5. The quantitative estimate of drug-likeness (QED) is 0.140. The molecule has 0 unspecified atom stereocenters. The monoisotopic (exact) mass is 583 g/mol. The molecule has 1 aliphatic rings. The molecule has 4 rings (SSSR count). The summed E-state index contributed by atoms with van der Waals surface area (Å²) < 4.78 is 16.8. The van der Waals surface area contributed by atoms with Crippen molar-refractivity contribution < 1.29 is 28.6 Å². The van der Waals surface area contributed by atoms with Gasteiger partial charge in [0.15, 0.2) is 11.5 Å². The molecule has 1 heterocycles. The van der Waals surface area contributed by atoms with Gasteiger partial charge in [-0.1, -0.05) is 23.7 Å². The Bertz CT molecular complexity index is 1400. The number of halogens is 1. The first-order valence-electron chi connectivity index (χ1n) is 13.0. The second-order valence-corrected chi connectivity index (χ2v) is 10.4. The van der Waals surface area contributed by atoms with Crippen LogP contribution in [0.15, 0.2) is 47.6 Å². The highest BCUT2D eigenvalue weighted by Gasteiger charge is 2.28. The lowest BCUT2D eigenvalue weighted by molar-refractivity contribution is -0.136. The van der Waals surface area contributed by atoms with Crippen LogP contribution in [-0.4, -0.2) is 37.2 Å². The molecular weight excluding hydrogens is 554 g/mol. The van der Waals surface area contributed by atoms with E-state index in [-0.39, 0.29) is 6.61 Å². The van der Waals surface area contributed by atoms with Crippen molar-refractivity contribution in [3.05, 3.63) is 74.6 Å². The second kappa shape index (κ2) is 14.0. The zero-order valence-corrected chi connectivity index (χ0v) is 23.8. The van der Waals surface area contributed by atoms with E-state index < -0.39 is 17.8 Å². The summed E-state index contributed by atoms with van der Waals surface area (Å²) in [5, 5.41) is 7.45. The topological polar surface area (TPSA) is 115 Å². The molecule has 1 aromatic heterocycles. The molecule has 1 aliphatic carbocycles. The highest BCUT2D eigenvalue weighted by molar-refractivity contribution is 7.17. The number of fused-ring (bicyclic) bond motifs is 1. The van der Waals surface area contributed by atoms with Crippen LogP contribution in [0.25, 0.3) is 0 Å². The van der Waals surface area contributed by atoms with Crippen LogP contribution in [0.3, 0.4) is 0 Å². The number of thiophene rings is 1.